The van der Waals surface area contributed by atoms with E-state index in [1.165, 1.54) is 10.4 Å². The maximum atomic E-state index is 13.3. The first-order valence-electron chi connectivity index (χ1n) is 6.54. The summed E-state index contributed by atoms with van der Waals surface area (Å²) in [6, 6.07) is 3.14. The molecule has 1 fully saturated rings. The molecule has 1 saturated heterocycles. The molecule has 2 atom stereocenters. The maximum Gasteiger partial charge on any atom is 0.245 e. The van der Waals surface area contributed by atoms with Crippen molar-refractivity contribution in [2.75, 3.05) is 18.9 Å². The Kier molecular flexibility index (Phi) is 4.31. The average Bonchev–Trinajstić information content (AvgIpc) is 2.41. The Bertz CT molecular complexity index is 591. The Morgan fingerprint density at radius 2 is 2.20 bits per heavy atom. The van der Waals surface area contributed by atoms with Crippen LogP contribution in [0, 0.1) is 5.82 Å². The second-order valence-corrected chi connectivity index (χ2v) is 6.82. The zero-order valence-corrected chi connectivity index (χ0v) is 12.4. The zero-order chi connectivity index (χ0) is 14.9. The molecular formula is C13H19FN2O3S. The van der Waals surface area contributed by atoms with Crippen molar-refractivity contribution < 1.29 is 17.5 Å². The van der Waals surface area contributed by atoms with Gasteiger partial charge in [0.15, 0.2) is 0 Å². The fourth-order valence-corrected chi connectivity index (χ4v) is 4.18. The van der Waals surface area contributed by atoms with Crippen LogP contribution >= 0.6 is 0 Å². The number of anilines is 1. The first-order chi connectivity index (χ1) is 9.36. The van der Waals surface area contributed by atoms with Gasteiger partial charge in [0.25, 0.3) is 0 Å². The SMILES string of the molecule is CCC1COC(C)CN1S(=O)(=O)c1cc(F)ccc1N. The summed E-state index contributed by atoms with van der Waals surface area (Å²) in [5.41, 5.74) is 5.76. The van der Waals surface area contributed by atoms with Crippen LogP contribution in [-0.2, 0) is 14.8 Å². The lowest BCUT2D eigenvalue weighted by atomic mass is 10.2. The molecule has 2 N–H and O–H groups in total. The summed E-state index contributed by atoms with van der Waals surface area (Å²) in [7, 11) is -3.82. The third-order valence-corrected chi connectivity index (χ3v) is 5.42. The molecule has 0 radical (unpaired) electrons. The summed E-state index contributed by atoms with van der Waals surface area (Å²) in [6.07, 6.45) is 0.434. The topological polar surface area (TPSA) is 72.6 Å². The van der Waals surface area contributed by atoms with Crippen LogP contribution in [0.2, 0.25) is 0 Å². The molecule has 0 bridgehead atoms. The first-order valence-corrected chi connectivity index (χ1v) is 7.98. The second-order valence-electron chi connectivity index (χ2n) is 4.96. The number of nitrogens with zero attached hydrogens (tertiary/aromatic N) is 1. The van der Waals surface area contributed by atoms with Gasteiger partial charge in [-0.15, -0.1) is 0 Å². The number of halogens is 1. The van der Waals surface area contributed by atoms with Gasteiger partial charge in [0.05, 0.1) is 18.4 Å². The summed E-state index contributed by atoms with van der Waals surface area (Å²) in [5.74, 6) is -0.618. The van der Waals surface area contributed by atoms with Crippen LogP contribution in [0.5, 0.6) is 0 Å². The van der Waals surface area contributed by atoms with Gasteiger partial charge in [0, 0.05) is 12.6 Å². The molecule has 0 aliphatic carbocycles. The summed E-state index contributed by atoms with van der Waals surface area (Å²) < 4.78 is 45.6. The van der Waals surface area contributed by atoms with Gasteiger partial charge in [-0.2, -0.15) is 4.31 Å². The maximum absolute atomic E-state index is 13.3. The average molecular weight is 302 g/mol. The predicted octanol–water partition coefficient (Wildman–Crippen LogP) is 1.60. The molecule has 0 amide bonds. The molecule has 112 valence electrons. The van der Waals surface area contributed by atoms with Crippen molar-refractivity contribution in [2.45, 2.75) is 37.3 Å². The third kappa shape index (κ3) is 2.79. The number of ether oxygens (including phenoxy) is 1. The van der Waals surface area contributed by atoms with E-state index >= 15 is 0 Å². The molecule has 7 heteroatoms. The number of nitrogen functional groups attached to an aromatic ring is 1. The highest BCUT2D eigenvalue weighted by Crippen LogP contribution is 2.28. The number of rotatable bonds is 3. The van der Waals surface area contributed by atoms with Gasteiger partial charge in [0.1, 0.15) is 10.7 Å². The Morgan fingerprint density at radius 1 is 1.50 bits per heavy atom. The Labute approximate surface area is 118 Å². The highest BCUT2D eigenvalue weighted by Gasteiger charge is 2.36. The summed E-state index contributed by atoms with van der Waals surface area (Å²) >= 11 is 0. The van der Waals surface area contributed by atoms with Crippen LogP contribution in [-0.4, -0.2) is 38.0 Å². The summed E-state index contributed by atoms with van der Waals surface area (Å²) in [5, 5.41) is 0. The molecule has 0 saturated carbocycles. The van der Waals surface area contributed by atoms with Crippen LogP contribution in [0.15, 0.2) is 23.1 Å². The van der Waals surface area contributed by atoms with E-state index < -0.39 is 15.8 Å². The number of benzene rings is 1. The predicted molar refractivity (Wildman–Crippen MR) is 74.2 cm³/mol. The number of sulfonamides is 1. The zero-order valence-electron chi connectivity index (χ0n) is 11.5. The molecule has 20 heavy (non-hydrogen) atoms. The molecular weight excluding hydrogens is 283 g/mol. The first kappa shape index (κ1) is 15.2. The van der Waals surface area contributed by atoms with E-state index in [-0.39, 0.29) is 29.3 Å². The lowest BCUT2D eigenvalue weighted by Gasteiger charge is -2.37. The molecule has 2 rings (SSSR count). The fourth-order valence-electron chi connectivity index (χ4n) is 2.29. The lowest BCUT2D eigenvalue weighted by Crippen LogP contribution is -2.51. The van der Waals surface area contributed by atoms with Crippen molar-refractivity contribution in [2.24, 2.45) is 0 Å². The van der Waals surface area contributed by atoms with Crippen molar-refractivity contribution in [3.05, 3.63) is 24.0 Å². The van der Waals surface area contributed by atoms with Gasteiger partial charge in [-0.25, -0.2) is 12.8 Å². The molecule has 1 aliphatic heterocycles. The van der Waals surface area contributed by atoms with Crippen LogP contribution < -0.4 is 5.73 Å². The minimum Gasteiger partial charge on any atom is -0.398 e. The summed E-state index contributed by atoms with van der Waals surface area (Å²) in [6.45, 7) is 4.29. The van der Waals surface area contributed by atoms with E-state index in [1.54, 1.807) is 0 Å². The fraction of sp³-hybridized carbons (Fsp3) is 0.538. The summed E-state index contributed by atoms with van der Waals surface area (Å²) in [4.78, 5) is -0.176. The van der Waals surface area contributed by atoms with Crippen molar-refractivity contribution >= 4 is 15.7 Å². The van der Waals surface area contributed by atoms with Gasteiger partial charge >= 0.3 is 0 Å². The van der Waals surface area contributed by atoms with Gasteiger partial charge in [-0.05, 0) is 31.5 Å². The van der Waals surface area contributed by atoms with Crippen molar-refractivity contribution in [1.29, 1.82) is 0 Å². The minimum absolute atomic E-state index is 0.0559. The Balaban J connectivity index is 2.44. The van der Waals surface area contributed by atoms with Gasteiger partial charge < -0.3 is 10.5 Å². The third-order valence-electron chi connectivity index (χ3n) is 3.45. The molecule has 1 aromatic carbocycles. The van der Waals surface area contributed by atoms with E-state index in [1.807, 2.05) is 13.8 Å². The number of morpholine rings is 1. The highest BCUT2D eigenvalue weighted by molar-refractivity contribution is 7.89. The molecule has 1 aromatic rings. The van der Waals surface area contributed by atoms with E-state index in [0.29, 0.717) is 13.0 Å². The van der Waals surface area contributed by atoms with Gasteiger partial charge in [0.2, 0.25) is 10.0 Å². The number of hydrogen-bond donors (Lipinski definition) is 1. The number of hydrogen-bond acceptors (Lipinski definition) is 4. The van der Waals surface area contributed by atoms with Gasteiger partial charge in [-0.1, -0.05) is 6.92 Å². The largest absolute Gasteiger partial charge is 0.398 e. The molecule has 2 unspecified atom stereocenters. The molecule has 5 nitrogen and oxygen atoms in total. The molecule has 0 spiro atoms. The molecule has 0 aromatic heterocycles. The number of nitrogens with two attached hydrogens (primary N) is 1. The Morgan fingerprint density at radius 3 is 2.85 bits per heavy atom. The quantitative estimate of drug-likeness (QED) is 0.861. The van der Waals surface area contributed by atoms with Crippen molar-refractivity contribution in [3.8, 4) is 0 Å². The van der Waals surface area contributed by atoms with Crippen LogP contribution in [0.3, 0.4) is 0 Å². The van der Waals surface area contributed by atoms with E-state index in [9.17, 15) is 12.8 Å². The standard InChI is InChI=1S/C13H19FN2O3S/c1-3-11-8-19-9(2)7-16(11)20(17,18)13-6-10(14)4-5-12(13)15/h4-6,9,11H,3,7-8,15H2,1-2H3. The van der Waals surface area contributed by atoms with E-state index in [4.69, 9.17) is 10.5 Å². The lowest BCUT2D eigenvalue weighted by molar-refractivity contribution is -0.0230. The molecule has 1 heterocycles. The van der Waals surface area contributed by atoms with E-state index in [2.05, 4.69) is 0 Å². The van der Waals surface area contributed by atoms with Crippen molar-refractivity contribution in [3.63, 3.8) is 0 Å². The smallest absolute Gasteiger partial charge is 0.245 e. The Hall–Kier alpha value is -1.18. The van der Waals surface area contributed by atoms with Crippen LogP contribution in [0.4, 0.5) is 10.1 Å². The molecule has 1 aliphatic rings. The second kappa shape index (κ2) is 5.67. The monoisotopic (exact) mass is 302 g/mol. The van der Waals surface area contributed by atoms with Gasteiger partial charge in [-0.3, -0.25) is 0 Å². The van der Waals surface area contributed by atoms with Crippen LogP contribution in [0.25, 0.3) is 0 Å². The normalized spacial score (nSPS) is 24.8. The highest BCUT2D eigenvalue weighted by atomic mass is 32.2. The van der Waals surface area contributed by atoms with E-state index in [0.717, 1.165) is 12.1 Å². The minimum atomic E-state index is -3.82. The van der Waals surface area contributed by atoms with Crippen molar-refractivity contribution in [1.82, 2.24) is 4.31 Å². The van der Waals surface area contributed by atoms with Crippen LogP contribution in [0.1, 0.15) is 20.3 Å².